The predicted molar refractivity (Wildman–Crippen MR) is 321 cm³/mol. The summed E-state index contributed by atoms with van der Waals surface area (Å²) in [4.78, 5) is 12.6. The number of hydrogen-bond acceptors (Lipinski definition) is 5. The number of aliphatic hydroxyl groups is 4. The van der Waals surface area contributed by atoms with Crippen LogP contribution < -0.4 is 5.32 Å². The molecule has 0 spiro atoms. The summed E-state index contributed by atoms with van der Waals surface area (Å²) in [5, 5.41) is 44.1. The van der Waals surface area contributed by atoms with Crippen molar-refractivity contribution in [1.82, 2.24) is 5.32 Å². The normalized spacial score (nSPS) is 13.7. The molecule has 0 aliphatic heterocycles. The van der Waals surface area contributed by atoms with Crippen molar-refractivity contribution in [2.24, 2.45) is 0 Å². The number of carbonyl (C=O) groups excluding carboxylic acids is 1. The van der Waals surface area contributed by atoms with Crippen molar-refractivity contribution in [2.75, 3.05) is 6.61 Å². The van der Waals surface area contributed by atoms with E-state index < -0.39 is 36.9 Å². The molecule has 0 fully saturated rings. The minimum atomic E-state index is -1.29. The number of hydrogen-bond donors (Lipinski definition) is 5. The quantitative estimate of drug-likeness (QED) is 0.0308. The zero-order valence-corrected chi connectivity index (χ0v) is 49.4. The molecule has 0 saturated carbocycles. The Kier molecular flexibility index (Phi) is 60.6. The van der Waals surface area contributed by atoms with Crippen LogP contribution in [0.4, 0.5) is 0 Å². The van der Waals surface area contributed by atoms with Crippen molar-refractivity contribution in [3.63, 3.8) is 0 Å². The second kappa shape index (κ2) is 61.6. The molecule has 1 amide bonds. The standard InChI is InChI=1S/C67H131NO5/c1-3-5-7-9-11-13-15-17-19-21-23-25-27-29-31-32-33-34-35-37-39-41-43-45-47-49-51-53-55-57-59-61-65(71)67(73)68-63(62-69)66(72)64(70)60-58-56-54-52-50-48-46-44-42-40-38-36-30-28-26-24-22-20-18-16-14-12-10-8-6-4-2/h44,46,52,54,63-66,69-72H,3-43,45,47-51,53,55-62H2,1-2H3,(H,68,73)/b46-44+,54-52+. The van der Waals surface area contributed by atoms with E-state index in [-0.39, 0.29) is 0 Å². The summed E-state index contributed by atoms with van der Waals surface area (Å²) < 4.78 is 0. The maximum Gasteiger partial charge on any atom is 0.249 e. The average molecular weight is 1030 g/mol. The van der Waals surface area contributed by atoms with Crippen LogP contribution in [-0.2, 0) is 4.79 Å². The van der Waals surface area contributed by atoms with Crippen LogP contribution in [0.25, 0.3) is 0 Å². The Hall–Kier alpha value is -1.21. The molecule has 0 aliphatic rings. The van der Waals surface area contributed by atoms with Gasteiger partial charge in [-0.3, -0.25) is 4.79 Å². The first-order chi connectivity index (χ1) is 36.0. The number of nitrogens with one attached hydrogen (secondary N) is 1. The van der Waals surface area contributed by atoms with Crippen molar-refractivity contribution in [3.8, 4) is 0 Å². The molecule has 6 heteroatoms. The van der Waals surface area contributed by atoms with Gasteiger partial charge in [0.1, 0.15) is 12.2 Å². The molecule has 0 saturated heterocycles. The summed E-state index contributed by atoms with van der Waals surface area (Å²) in [7, 11) is 0. The van der Waals surface area contributed by atoms with Crippen LogP contribution in [0.1, 0.15) is 367 Å². The largest absolute Gasteiger partial charge is 0.394 e. The summed E-state index contributed by atoms with van der Waals surface area (Å²) in [6, 6.07) is -1.01. The zero-order valence-electron chi connectivity index (χ0n) is 49.4. The molecule has 0 aromatic rings. The summed E-state index contributed by atoms with van der Waals surface area (Å²) >= 11 is 0. The van der Waals surface area contributed by atoms with E-state index in [4.69, 9.17) is 0 Å². The third-order valence-corrected chi connectivity index (χ3v) is 15.9. The molecule has 73 heavy (non-hydrogen) atoms. The topological polar surface area (TPSA) is 110 Å². The molecule has 4 unspecified atom stereocenters. The van der Waals surface area contributed by atoms with E-state index in [0.29, 0.717) is 19.3 Å². The summed E-state index contributed by atoms with van der Waals surface area (Å²) in [6.45, 7) is 4.09. The Bertz CT molecular complexity index is 1110. The monoisotopic (exact) mass is 1030 g/mol. The van der Waals surface area contributed by atoms with Gasteiger partial charge in [-0.1, -0.05) is 340 Å². The first kappa shape index (κ1) is 71.8. The smallest absolute Gasteiger partial charge is 0.249 e. The number of amides is 1. The van der Waals surface area contributed by atoms with E-state index in [1.807, 2.05) is 0 Å². The Labute approximate surface area is 456 Å². The number of aliphatic hydroxyl groups excluding tert-OH is 4. The third kappa shape index (κ3) is 55.4. The van der Waals surface area contributed by atoms with E-state index in [1.165, 1.54) is 295 Å². The van der Waals surface area contributed by atoms with Gasteiger partial charge in [0.05, 0.1) is 18.8 Å². The van der Waals surface area contributed by atoms with E-state index in [1.54, 1.807) is 0 Å². The lowest BCUT2D eigenvalue weighted by atomic mass is 10.00. The molecule has 0 aromatic carbocycles. The average Bonchev–Trinajstić information content (AvgIpc) is 3.40. The lowest BCUT2D eigenvalue weighted by Gasteiger charge is -2.27. The highest BCUT2D eigenvalue weighted by atomic mass is 16.3. The molecule has 434 valence electrons. The minimum absolute atomic E-state index is 0.365. The lowest BCUT2D eigenvalue weighted by Crippen LogP contribution is -2.53. The maximum absolute atomic E-state index is 12.6. The van der Waals surface area contributed by atoms with E-state index >= 15 is 0 Å². The van der Waals surface area contributed by atoms with E-state index in [9.17, 15) is 25.2 Å². The molecule has 4 atom stereocenters. The number of allylic oxidation sites excluding steroid dienone is 4. The molecule has 5 N–H and O–H groups in total. The van der Waals surface area contributed by atoms with Gasteiger partial charge in [-0.15, -0.1) is 0 Å². The van der Waals surface area contributed by atoms with Crippen LogP contribution >= 0.6 is 0 Å². The Morgan fingerprint density at radius 1 is 0.329 bits per heavy atom. The van der Waals surface area contributed by atoms with Crippen molar-refractivity contribution in [3.05, 3.63) is 24.3 Å². The molecule has 0 aromatic heterocycles. The first-order valence-corrected chi connectivity index (χ1v) is 33.2. The van der Waals surface area contributed by atoms with Gasteiger partial charge in [0.2, 0.25) is 5.91 Å². The third-order valence-electron chi connectivity index (χ3n) is 15.9. The van der Waals surface area contributed by atoms with Crippen molar-refractivity contribution in [1.29, 1.82) is 0 Å². The second-order valence-corrected chi connectivity index (χ2v) is 23.2. The Morgan fingerprint density at radius 2 is 0.575 bits per heavy atom. The van der Waals surface area contributed by atoms with Gasteiger partial charge < -0.3 is 25.7 Å². The van der Waals surface area contributed by atoms with Crippen LogP contribution in [0.15, 0.2) is 24.3 Å². The molecule has 0 bridgehead atoms. The van der Waals surface area contributed by atoms with Crippen molar-refractivity contribution in [2.45, 2.75) is 391 Å². The zero-order chi connectivity index (χ0) is 53.0. The van der Waals surface area contributed by atoms with Crippen LogP contribution in [0.3, 0.4) is 0 Å². The SMILES string of the molecule is CCCCCCCCCCCCCCCCCCC/C=C/CC/C=C/CCCC(O)C(O)C(CO)NC(=O)C(O)CCCCCCCCCCCCCCCCCCCCCCCCCCCCCCCCC. The molecule has 0 radical (unpaired) electrons. The fraction of sp³-hybridized carbons (Fsp3) is 0.925. The van der Waals surface area contributed by atoms with Crippen molar-refractivity contribution >= 4 is 5.91 Å². The van der Waals surface area contributed by atoms with Gasteiger partial charge in [0.15, 0.2) is 0 Å². The minimum Gasteiger partial charge on any atom is -0.394 e. The summed E-state index contributed by atoms with van der Waals surface area (Å²) in [5.41, 5.74) is 0. The molecule has 6 nitrogen and oxygen atoms in total. The second-order valence-electron chi connectivity index (χ2n) is 23.2. The maximum atomic E-state index is 12.6. The highest BCUT2D eigenvalue weighted by Gasteiger charge is 2.28. The van der Waals surface area contributed by atoms with Gasteiger partial charge in [0.25, 0.3) is 0 Å². The fourth-order valence-electron chi connectivity index (χ4n) is 10.7. The van der Waals surface area contributed by atoms with Crippen LogP contribution in [-0.4, -0.2) is 57.3 Å². The van der Waals surface area contributed by atoms with Crippen molar-refractivity contribution < 1.29 is 25.2 Å². The van der Waals surface area contributed by atoms with Gasteiger partial charge in [-0.2, -0.15) is 0 Å². The highest BCUT2D eigenvalue weighted by Crippen LogP contribution is 2.19. The molecular formula is C67H131NO5. The van der Waals surface area contributed by atoms with Gasteiger partial charge >= 0.3 is 0 Å². The van der Waals surface area contributed by atoms with Gasteiger partial charge in [-0.25, -0.2) is 0 Å². The van der Waals surface area contributed by atoms with E-state index in [0.717, 1.165) is 38.5 Å². The van der Waals surface area contributed by atoms with Gasteiger partial charge in [-0.05, 0) is 51.4 Å². The van der Waals surface area contributed by atoms with Crippen LogP contribution in [0.2, 0.25) is 0 Å². The van der Waals surface area contributed by atoms with E-state index in [2.05, 4.69) is 43.5 Å². The van der Waals surface area contributed by atoms with Crippen LogP contribution in [0.5, 0.6) is 0 Å². The van der Waals surface area contributed by atoms with Crippen LogP contribution in [0, 0.1) is 0 Å². The van der Waals surface area contributed by atoms with Gasteiger partial charge in [0, 0.05) is 0 Å². The Balaban J connectivity index is 3.58. The fourth-order valence-corrected chi connectivity index (χ4v) is 10.7. The molecule has 0 heterocycles. The first-order valence-electron chi connectivity index (χ1n) is 33.2. The molecule has 0 aliphatic carbocycles. The summed E-state index contributed by atoms with van der Waals surface area (Å²) in [5.74, 6) is -0.590. The number of carbonyl (C=O) groups is 1. The number of rotatable bonds is 62. The predicted octanol–water partition coefficient (Wildman–Crippen LogP) is 20.2. The summed E-state index contributed by atoms with van der Waals surface area (Å²) in [6.07, 6.45) is 77.2. The number of unbranched alkanes of at least 4 members (excludes halogenated alkanes) is 49. The molecular weight excluding hydrogens is 899 g/mol. The highest BCUT2D eigenvalue weighted by molar-refractivity contribution is 5.80. The molecule has 0 rings (SSSR count). The lowest BCUT2D eigenvalue weighted by molar-refractivity contribution is -0.132. The Morgan fingerprint density at radius 3 is 0.863 bits per heavy atom.